The fourth-order valence-corrected chi connectivity index (χ4v) is 8.74. The summed E-state index contributed by atoms with van der Waals surface area (Å²) in [6.45, 7) is 8.80. The van der Waals surface area contributed by atoms with E-state index in [2.05, 4.69) is 34.7 Å². The molecular weight excluding hydrogens is 471 g/mol. The molecule has 204 valence electrons. The normalized spacial score (nSPS) is 34.2. The number of likely N-dealkylation sites (tertiary alicyclic amines) is 1. The summed E-state index contributed by atoms with van der Waals surface area (Å²) in [6.07, 6.45) is 7.77. The molecule has 3 unspecified atom stereocenters. The minimum Gasteiger partial charge on any atom is -0.392 e. The van der Waals surface area contributed by atoms with Gasteiger partial charge in [0, 0.05) is 24.5 Å². The molecule has 1 saturated heterocycles. The molecule has 1 aromatic carbocycles. The number of carbonyl (C=O) groups is 2. The zero-order valence-electron chi connectivity index (χ0n) is 22.5. The highest BCUT2D eigenvalue weighted by Gasteiger charge is 2.60. The summed E-state index contributed by atoms with van der Waals surface area (Å²) in [4.78, 5) is 27.5. The van der Waals surface area contributed by atoms with Crippen LogP contribution in [0.4, 0.5) is 14.9 Å². The van der Waals surface area contributed by atoms with Crippen molar-refractivity contribution in [1.82, 2.24) is 15.5 Å². The van der Waals surface area contributed by atoms with Crippen molar-refractivity contribution in [3.8, 4) is 0 Å². The van der Waals surface area contributed by atoms with Gasteiger partial charge in [-0.2, -0.15) is 0 Å². The van der Waals surface area contributed by atoms with Crippen molar-refractivity contribution in [2.75, 3.05) is 25.0 Å². The van der Waals surface area contributed by atoms with Crippen LogP contribution in [0.15, 0.2) is 18.2 Å². The predicted molar refractivity (Wildman–Crippen MR) is 141 cm³/mol. The molecule has 1 aromatic rings. The fourth-order valence-electron chi connectivity index (χ4n) is 8.74. The highest BCUT2D eigenvalue weighted by Crippen LogP contribution is 2.66. The first-order valence-electron chi connectivity index (χ1n) is 14.0. The zero-order chi connectivity index (χ0) is 26.4. The van der Waals surface area contributed by atoms with Crippen LogP contribution in [0.3, 0.4) is 0 Å². The largest absolute Gasteiger partial charge is 0.392 e. The Balaban J connectivity index is 1.13. The van der Waals surface area contributed by atoms with Crippen LogP contribution in [0, 0.1) is 28.5 Å². The van der Waals surface area contributed by atoms with Gasteiger partial charge < -0.3 is 21.1 Å². The van der Waals surface area contributed by atoms with Crippen LogP contribution in [0.25, 0.3) is 0 Å². The van der Waals surface area contributed by atoms with Crippen LogP contribution < -0.4 is 16.0 Å². The van der Waals surface area contributed by atoms with Crippen molar-refractivity contribution in [3.05, 3.63) is 29.6 Å². The Morgan fingerprint density at radius 3 is 2.38 bits per heavy atom. The van der Waals surface area contributed by atoms with E-state index in [-0.39, 0.29) is 35.6 Å². The van der Waals surface area contributed by atoms with Gasteiger partial charge in [0.05, 0.1) is 11.8 Å². The van der Waals surface area contributed by atoms with Crippen LogP contribution >= 0.6 is 0 Å². The van der Waals surface area contributed by atoms with Gasteiger partial charge in [-0.25, -0.2) is 9.18 Å². The standard InChI is InChI=1S/C29H43FN4O3/c1-19(35)14-31-25(36)22-6-8-34(9-7-22)15-20-4-5-24(23(30)10-20)32-26(37)33-29-13-21-11-27(2,17-29)16-28(3,12-21)18-29/h4-5,10,19,21-22,35H,6-9,11-18H2,1-3H3,(H,31,36)(H2,32,33,37). The van der Waals surface area contributed by atoms with Crippen LogP contribution in [-0.4, -0.2) is 53.2 Å². The molecule has 1 heterocycles. The number of anilines is 1. The highest BCUT2D eigenvalue weighted by atomic mass is 19.1. The summed E-state index contributed by atoms with van der Waals surface area (Å²) in [7, 11) is 0. The summed E-state index contributed by atoms with van der Waals surface area (Å²) in [5.41, 5.74) is 1.47. The van der Waals surface area contributed by atoms with E-state index in [4.69, 9.17) is 0 Å². The van der Waals surface area contributed by atoms with Crippen molar-refractivity contribution >= 4 is 17.6 Å². The first kappa shape index (κ1) is 26.4. The first-order chi connectivity index (χ1) is 17.4. The van der Waals surface area contributed by atoms with Gasteiger partial charge >= 0.3 is 6.03 Å². The molecule has 5 aliphatic rings. The molecule has 4 N–H and O–H groups in total. The maximum absolute atomic E-state index is 15.0. The molecule has 6 rings (SSSR count). The number of nitrogens with zero attached hydrogens (tertiary/aromatic N) is 1. The summed E-state index contributed by atoms with van der Waals surface area (Å²) >= 11 is 0. The second kappa shape index (κ2) is 9.84. The quantitative estimate of drug-likeness (QED) is 0.434. The van der Waals surface area contributed by atoms with Gasteiger partial charge in [0.25, 0.3) is 0 Å². The summed E-state index contributed by atoms with van der Waals surface area (Å²) < 4.78 is 15.0. The Kier molecular flexibility index (Phi) is 7.03. The minimum atomic E-state index is -0.550. The second-order valence-electron chi connectivity index (χ2n) is 13.4. The lowest BCUT2D eigenvalue weighted by atomic mass is 9.43. The Morgan fingerprint density at radius 2 is 1.78 bits per heavy atom. The van der Waals surface area contributed by atoms with E-state index in [0.717, 1.165) is 50.8 Å². The van der Waals surface area contributed by atoms with Gasteiger partial charge in [0.15, 0.2) is 0 Å². The summed E-state index contributed by atoms with van der Waals surface area (Å²) in [5, 5.41) is 18.2. The SMILES string of the molecule is CC(O)CNC(=O)C1CCN(Cc2ccc(NC(=O)NC34CC5CC(C)(CC(C)(C5)C3)C4)c(F)c2)CC1. The lowest BCUT2D eigenvalue weighted by molar-refractivity contribution is -0.126. The molecule has 0 aromatic heterocycles. The monoisotopic (exact) mass is 514 g/mol. The number of urea groups is 1. The average Bonchev–Trinajstić information content (AvgIpc) is 2.77. The first-order valence-corrected chi connectivity index (χ1v) is 14.0. The van der Waals surface area contributed by atoms with E-state index in [0.29, 0.717) is 23.3 Å². The van der Waals surface area contributed by atoms with Crippen molar-refractivity contribution in [1.29, 1.82) is 0 Å². The molecule has 0 spiro atoms. The van der Waals surface area contributed by atoms with E-state index in [1.54, 1.807) is 13.0 Å². The van der Waals surface area contributed by atoms with Crippen molar-refractivity contribution in [3.63, 3.8) is 0 Å². The lowest BCUT2D eigenvalue weighted by Gasteiger charge is -2.65. The number of piperidine rings is 1. The third-order valence-electron chi connectivity index (χ3n) is 9.22. The molecule has 8 heteroatoms. The molecule has 4 bridgehead atoms. The van der Waals surface area contributed by atoms with E-state index < -0.39 is 11.9 Å². The number of rotatable bonds is 7. The van der Waals surface area contributed by atoms with Crippen molar-refractivity contribution in [2.45, 2.75) is 90.3 Å². The lowest BCUT2D eigenvalue weighted by Crippen LogP contribution is -2.65. The van der Waals surface area contributed by atoms with Crippen molar-refractivity contribution in [2.24, 2.45) is 22.7 Å². The molecule has 3 atom stereocenters. The van der Waals surface area contributed by atoms with Gasteiger partial charge in [-0.3, -0.25) is 9.69 Å². The fraction of sp³-hybridized carbons (Fsp3) is 0.724. The number of hydrogen-bond acceptors (Lipinski definition) is 4. The van der Waals surface area contributed by atoms with Crippen LogP contribution in [-0.2, 0) is 11.3 Å². The number of nitrogens with one attached hydrogen (secondary N) is 3. The third-order valence-corrected chi connectivity index (χ3v) is 9.22. The average molecular weight is 515 g/mol. The number of benzene rings is 1. The van der Waals surface area contributed by atoms with E-state index >= 15 is 0 Å². The Bertz CT molecular complexity index is 1020. The zero-order valence-corrected chi connectivity index (χ0v) is 22.5. The van der Waals surface area contributed by atoms with Crippen LogP contribution in [0.2, 0.25) is 0 Å². The number of carbonyl (C=O) groups excluding carboxylic acids is 2. The van der Waals surface area contributed by atoms with E-state index in [9.17, 15) is 19.1 Å². The van der Waals surface area contributed by atoms with E-state index in [1.807, 2.05) is 6.07 Å². The Labute approximate surface area is 219 Å². The van der Waals surface area contributed by atoms with Gasteiger partial charge in [-0.15, -0.1) is 0 Å². The smallest absolute Gasteiger partial charge is 0.319 e. The summed E-state index contributed by atoms with van der Waals surface area (Å²) in [5.74, 6) is 0.198. The molecular formula is C29H43FN4O3. The second-order valence-corrected chi connectivity index (χ2v) is 13.4. The molecule has 4 aliphatic carbocycles. The molecule has 7 nitrogen and oxygen atoms in total. The molecule has 37 heavy (non-hydrogen) atoms. The predicted octanol–water partition coefficient (Wildman–Crippen LogP) is 4.41. The van der Waals surface area contributed by atoms with Crippen LogP contribution in [0.1, 0.15) is 77.7 Å². The maximum atomic E-state index is 15.0. The minimum absolute atomic E-state index is 0.00273. The third kappa shape index (κ3) is 5.95. The topological polar surface area (TPSA) is 93.7 Å². The number of aliphatic hydroxyl groups is 1. The Hall–Kier alpha value is -2.19. The Morgan fingerprint density at radius 1 is 1.11 bits per heavy atom. The number of hydrogen-bond donors (Lipinski definition) is 4. The molecule has 1 aliphatic heterocycles. The molecule has 3 amide bonds. The van der Waals surface area contributed by atoms with Crippen molar-refractivity contribution < 1.29 is 19.1 Å². The maximum Gasteiger partial charge on any atom is 0.319 e. The number of halogens is 1. The molecule has 0 radical (unpaired) electrons. The number of aliphatic hydroxyl groups excluding tert-OH is 1. The van der Waals surface area contributed by atoms with Gasteiger partial charge in [0.1, 0.15) is 5.82 Å². The molecule has 5 fully saturated rings. The van der Waals surface area contributed by atoms with Gasteiger partial charge in [-0.05, 0) is 106 Å². The van der Waals surface area contributed by atoms with Crippen LogP contribution in [0.5, 0.6) is 0 Å². The summed E-state index contributed by atoms with van der Waals surface area (Å²) in [6, 6.07) is 4.72. The number of amides is 3. The highest BCUT2D eigenvalue weighted by molar-refractivity contribution is 5.90. The van der Waals surface area contributed by atoms with E-state index in [1.165, 1.54) is 25.3 Å². The molecule has 4 saturated carbocycles. The van der Waals surface area contributed by atoms with Gasteiger partial charge in [-0.1, -0.05) is 19.9 Å². The van der Waals surface area contributed by atoms with Gasteiger partial charge in [0.2, 0.25) is 5.91 Å².